The molecule has 3 aromatic rings. The number of aromatic nitrogens is 2. The predicted octanol–water partition coefficient (Wildman–Crippen LogP) is 3.93. The minimum atomic E-state index is 0.484. The number of benzene rings is 2. The smallest absolute Gasteiger partial charge is 0.229 e. The van der Waals surface area contributed by atoms with Crippen LogP contribution in [0.15, 0.2) is 54.7 Å². The third kappa shape index (κ3) is 3.03. The van der Waals surface area contributed by atoms with Crippen molar-refractivity contribution in [2.45, 2.75) is 6.92 Å². The van der Waals surface area contributed by atoms with Crippen molar-refractivity contribution < 1.29 is 4.74 Å². The number of aryl methyl sites for hydroxylation is 1. The van der Waals surface area contributed by atoms with Crippen molar-refractivity contribution in [2.75, 3.05) is 23.4 Å². The van der Waals surface area contributed by atoms with Crippen molar-refractivity contribution >= 4 is 23.1 Å². The lowest BCUT2D eigenvalue weighted by Gasteiger charge is -2.31. The second-order valence-corrected chi connectivity index (χ2v) is 5.98. The van der Waals surface area contributed by atoms with Crippen molar-refractivity contribution in [3.05, 3.63) is 65.9 Å². The molecule has 1 aliphatic heterocycles. The van der Waals surface area contributed by atoms with Crippen LogP contribution in [-0.2, 0) is 0 Å². The molecular weight excluding hydrogens is 326 g/mol. The molecule has 0 spiro atoms. The van der Waals surface area contributed by atoms with E-state index in [0.717, 1.165) is 23.7 Å². The maximum atomic E-state index is 8.90. The van der Waals surface area contributed by atoms with Crippen LogP contribution in [0.4, 0.5) is 23.1 Å². The van der Waals surface area contributed by atoms with E-state index in [9.17, 15) is 0 Å². The first-order valence-electron chi connectivity index (χ1n) is 8.35. The van der Waals surface area contributed by atoms with Crippen LogP contribution in [0, 0.1) is 18.3 Å². The van der Waals surface area contributed by atoms with Crippen molar-refractivity contribution in [1.29, 1.82) is 5.26 Å². The Balaban J connectivity index is 1.67. The third-order valence-corrected chi connectivity index (χ3v) is 4.24. The summed E-state index contributed by atoms with van der Waals surface area (Å²) in [5, 5.41) is 12.1. The fraction of sp³-hybridized carbons (Fsp3) is 0.150. The quantitative estimate of drug-likeness (QED) is 0.777. The Kier molecular flexibility index (Phi) is 4.12. The van der Waals surface area contributed by atoms with Gasteiger partial charge in [-0.15, -0.1) is 0 Å². The molecule has 2 heterocycles. The van der Waals surface area contributed by atoms with Gasteiger partial charge in [-0.2, -0.15) is 10.2 Å². The Morgan fingerprint density at radius 3 is 2.73 bits per heavy atom. The standard InChI is InChI=1S/C20H17N5O/c1-14-4-2-3-5-17(14)25-10-11-26-18-13-22-20(24-19(18)25)23-16-8-6-15(12-21)7-9-16/h2-9,13H,10-11H2,1H3,(H,22,23,24). The highest BCUT2D eigenvalue weighted by molar-refractivity contribution is 5.70. The van der Waals surface area contributed by atoms with E-state index in [1.165, 1.54) is 5.56 Å². The van der Waals surface area contributed by atoms with Gasteiger partial charge in [-0.3, -0.25) is 0 Å². The third-order valence-electron chi connectivity index (χ3n) is 4.24. The lowest BCUT2D eigenvalue weighted by molar-refractivity contribution is 0.310. The maximum Gasteiger partial charge on any atom is 0.229 e. The maximum absolute atomic E-state index is 8.90. The molecule has 0 saturated carbocycles. The molecule has 0 fully saturated rings. The molecular formula is C20H17N5O. The first-order valence-corrected chi connectivity index (χ1v) is 8.35. The topological polar surface area (TPSA) is 74.1 Å². The van der Waals surface area contributed by atoms with Crippen LogP contribution < -0.4 is 15.0 Å². The molecule has 4 rings (SSSR count). The SMILES string of the molecule is Cc1ccccc1N1CCOc2cnc(Nc3ccc(C#N)cc3)nc21. The van der Waals surface area contributed by atoms with Crippen molar-refractivity contribution in [3.63, 3.8) is 0 Å². The van der Waals surface area contributed by atoms with Crippen molar-refractivity contribution in [1.82, 2.24) is 9.97 Å². The Morgan fingerprint density at radius 1 is 1.15 bits per heavy atom. The molecule has 0 aliphatic carbocycles. The number of para-hydroxylation sites is 1. The Morgan fingerprint density at radius 2 is 1.96 bits per heavy atom. The molecule has 0 radical (unpaired) electrons. The Hall–Kier alpha value is -3.59. The first-order chi connectivity index (χ1) is 12.7. The minimum Gasteiger partial charge on any atom is -0.486 e. The zero-order valence-corrected chi connectivity index (χ0v) is 14.3. The molecule has 128 valence electrons. The number of rotatable bonds is 3. The van der Waals surface area contributed by atoms with Gasteiger partial charge in [0.15, 0.2) is 11.6 Å². The summed E-state index contributed by atoms with van der Waals surface area (Å²) in [6, 6.07) is 17.5. The number of hydrogen-bond acceptors (Lipinski definition) is 6. The van der Waals surface area contributed by atoms with E-state index in [0.29, 0.717) is 23.9 Å². The van der Waals surface area contributed by atoms with E-state index in [4.69, 9.17) is 10.00 Å². The molecule has 6 heteroatoms. The highest BCUT2D eigenvalue weighted by Crippen LogP contribution is 2.36. The Labute approximate surface area is 151 Å². The zero-order valence-electron chi connectivity index (χ0n) is 14.3. The second kappa shape index (κ2) is 6.73. The summed E-state index contributed by atoms with van der Waals surface area (Å²) in [7, 11) is 0. The highest BCUT2D eigenvalue weighted by Gasteiger charge is 2.23. The van der Waals surface area contributed by atoms with Gasteiger partial charge in [0.1, 0.15) is 6.61 Å². The molecule has 1 aromatic heterocycles. The van der Waals surface area contributed by atoms with Crippen LogP contribution in [0.5, 0.6) is 5.75 Å². The molecule has 0 saturated heterocycles. The molecule has 0 unspecified atom stereocenters. The number of anilines is 4. The fourth-order valence-electron chi connectivity index (χ4n) is 2.93. The van der Waals surface area contributed by atoms with Gasteiger partial charge in [0.2, 0.25) is 5.95 Å². The molecule has 0 amide bonds. The number of hydrogen-bond donors (Lipinski definition) is 1. The first kappa shape index (κ1) is 15.9. The van der Waals surface area contributed by atoms with Crippen molar-refractivity contribution in [3.8, 4) is 11.8 Å². The number of ether oxygens (including phenoxy) is 1. The number of nitriles is 1. The molecule has 0 bridgehead atoms. The second-order valence-electron chi connectivity index (χ2n) is 5.98. The van der Waals surface area contributed by atoms with E-state index in [1.54, 1.807) is 18.3 Å². The fourth-order valence-corrected chi connectivity index (χ4v) is 2.93. The average molecular weight is 343 g/mol. The molecule has 2 aromatic carbocycles. The van der Waals surface area contributed by atoms with Gasteiger partial charge >= 0.3 is 0 Å². The van der Waals surface area contributed by atoms with Crippen LogP contribution in [-0.4, -0.2) is 23.1 Å². The largest absolute Gasteiger partial charge is 0.486 e. The molecule has 6 nitrogen and oxygen atoms in total. The lowest BCUT2D eigenvalue weighted by Crippen LogP contribution is -2.30. The normalized spacial score (nSPS) is 12.7. The minimum absolute atomic E-state index is 0.484. The van der Waals surface area contributed by atoms with Crippen LogP contribution >= 0.6 is 0 Å². The summed E-state index contributed by atoms with van der Waals surface area (Å²) in [6.07, 6.45) is 1.69. The lowest BCUT2D eigenvalue weighted by atomic mass is 10.1. The van der Waals surface area contributed by atoms with Crippen LogP contribution in [0.3, 0.4) is 0 Å². The number of fused-ring (bicyclic) bond motifs is 1. The van der Waals surface area contributed by atoms with Gasteiger partial charge in [0, 0.05) is 11.4 Å². The van der Waals surface area contributed by atoms with Gasteiger partial charge < -0.3 is 15.0 Å². The predicted molar refractivity (Wildman–Crippen MR) is 100 cm³/mol. The molecule has 1 N–H and O–H groups in total. The van der Waals surface area contributed by atoms with E-state index in [2.05, 4.69) is 45.3 Å². The highest BCUT2D eigenvalue weighted by atomic mass is 16.5. The van der Waals surface area contributed by atoms with Gasteiger partial charge in [-0.05, 0) is 42.8 Å². The van der Waals surface area contributed by atoms with Crippen molar-refractivity contribution in [2.24, 2.45) is 0 Å². The summed E-state index contributed by atoms with van der Waals surface area (Å²) in [6.45, 7) is 3.40. The van der Waals surface area contributed by atoms with E-state index >= 15 is 0 Å². The summed E-state index contributed by atoms with van der Waals surface area (Å²) < 4.78 is 5.72. The average Bonchev–Trinajstić information content (AvgIpc) is 2.69. The summed E-state index contributed by atoms with van der Waals surface area (Å²) in [5.74, 6) is 1.90. The molecule has 0 atom stereocenters. The van der Waals surface area contributed by atoms with Gasteiger partial charge in [-0.1, -0.05) is 18.2 Å². The van der Waals surface area contributed by atoms with Crippen LogP contribution in [0.25, 0.3) is 0 Å². The Bertz CT molecular complexity index is 978. The zero-order chi connectivity index (χ0) is 17.9. The summed E-state index contributed by atoms with van der Waals surface area (Å²) in [4.78, 5) is 11.2. The summed E-state index contributed by atoms with van der Waals surface area (Å²) in [5.41, 5.74) is 3.73. The van der Waals surface area contributed by atoms with Gasteiger partial charge in [0.25, 0.3) is 0 Å². The van der Waals surface area contributed by atoms with Gasteiger partial charge in [-0.25, -0.2) is 4.98 Å². The van der Waals surface area contributed by atoms with Gasteiger partial charge in [0.05, 0.1) is 24.4 Å². The van der Waals surface area contributed by atoms with E-state index < -0.39 is 0 Å². The number of nitrogens with zero attached hydrogens (tertiary/aromatic N) is 4. The number of nitrogens with one attached hydrogen (secondary N) is 1. The molecule has 26 heavy (non-hydrogen) atoms. The van der Waals surface area contributed by atoms with Crippen LogP contribution in [0.1, 0.15) is 11.1 Å². The van der Waals surface area contributed by atoms with E-state index in [1.807, 2.05) is 24.3 Å². The van der Waals surface area contributed by atoms with Crippen LogP contribution in [0.2, 0.25) is 0 Å². The van der Waals surface area contributed by atoms with E-state index in [-0.39, 0.29) is 0 Å². The molecule has 1 aliphatic rings. The monoisotopic (exact) mass is 343 g/mol. The summed E-state index contributed by atoms with van der Waals surface area (Å²) >= 11 is 0.